The predicted molar refractivity (Wildman–Crippen MR) is 64.2 cm³/mol. The minimum atomic E-state index is -0.803. The Balaban J connectivity index is 2.47. The minimum absolute atomic E-state index is 0.0524. The molecule has 0 spiro atoms. The quantitative estimate of drug-likeness (QED) is 0.826. The lowest BCUT2D eigenvalue weighted by atomic mass is 10.0. The molecule has 0 radical (unpaired) electrons. The minimum Gasteiger partial charge on any atom is -0.497 e. The maximum absolute atomic E-state index is 13.9. The first-order chi connectivity index (χ1) is 9.13. The first-order valence-corrected chi connectivity index (χ1v) is 5.71. The van der Waals surface area contributed by atoms with Crippen LogP contribution >= 0.6 is 0 Å². The van der Waals surface area contributed by atoms with E-state index in [9.17, 15) is 14.4 Å². The standard InChI is InChI=1S/C13H13FN2O3/c1-18-4-3-16-11(7-15)9-5-8(19-2)6-10(14)12(9)13(16)17/h5-6,11H,3-4H2,1-2H3. The molecule has 1 aliphatic rings. The van der Waals surface area contributed by atoms with E-state index < -0.39 is 17.8 Å². The molecule has 2 rings (SSSR count). The van der Waals surface area contributed by atoms with Gasteiger partial charge >= 0.3 is 0 Å². The summed E-state index contributed by atoms with van der Waals surface area (Å²) in [5.41, 5.74) is 0.295. The van der Waals surface area contributed by atoms with Gasteiger partial charge in [-0.05, 0) is 6.07 Å². The van der Waals surface area contributed by atoms with Gasteiger partial charge in [-0.15, -0.1) is 0 Å². The van der Waals surface area contributed by atoms with Gasteiger partial charge in [-0.2, -0.15) is 5.26 Å². The highest BCUT2D eigenvalue weighted by Gasteiger charge is 2.39. The second-order valence-electron chi connectivity index (χ2n) is 4.10. The molecular formula is C13H13FN2O3. The van der Waals surface area contributed by atoms with Crippen LogP contribution in [0, 0.1) is 17.1 Å². The lowest BCUT2D eigenvalue weighted by molar-refractivity contribution is 0.0690. The van der Waals surface area contributed by atoms with Crippen LogP contribution in [-0.2, 0) is 4.74 Å². The van der Waals surface area contributed by atoms with Crippen LogP contribution in [0.15, 0.2) is 12.1 Å². The SMILES string of the molecule is COCCN1C(=O)c2c(F)cc(OC)cc2C1C#N. The molecule has 0 saturated carbocycles. The monoisotopic (exact) mass is 264 g/mol. The third-order valence-corrected chi connectivity index (χ3v) is 3.07. The summed E-state index contributed by atoms with van der Waals surface area (Å²) < 4.78 is 23.8. The molecule has 1 heterocycles. The molecule has 0 N–H and O–H groups in total. The summed E-state index contributed by atoms with van der Waals surface area (Å²) in [6.45, 7) is 0.528. The number of nitriles is 1. The average Bonchev–Trinajstić information content (AvgIpc) is 2.68. The van der Waals surface area contributed by atoms with E-state index in [1.54, 1.807) is 0 Å². The van der Waals surface area contributed by atoms with Gasteiger partial charge in [0.1, 0.15) is 17.6 Å². The Morgan fingerprint density at radius 1 is 1.47 bits per heavy atom. The fraction of sp³-hybridized carbons (Fsp3) is 0.385. The Labute approximate surface area is 110 Å². The van der Waals surface area contributed by atoms with Crippen molar-refractivity contribution in [2.75, 3.05) is 27.4 Å². The predicted octanol–water partition coefficient (Wildman–Crippen LogP) is 1.50. The van der Waals surface area contributed by atoms with Crippen LogP contribution in [0.2, 0.25) is 0 Å². The number of fused-ring (bicyclic) bond motifs is 1. The highest BCUT2D eigenvalue weighted by Crippen LogP contribution is 2.36. The Hall–Kier alpha value is -2.13. The van der Waals surface area contributed by atoms with Crippen molar-refractivity contribution in [3.05, 3.63) is 29.1 Å². The third-order valence-electron chi connectivity index (χ3n) is 3.07. The van der Waals surface area contributed by atoms with Crippen LogP contribution in [-0.4, -0.2) is 38.2 Å². The van der Waals surface area contributed by atoms with Crippen molar-refractivity contribution in [3.8, 4) is 11.8 Å². The van der Waals surface area contributed by atoms with Crippen LogP contribution in [0.3, 0.4) is 0 Å². The highest BCUT2D eigenvalue weighted by molar-refractivity contribution is 6.00. The van der Waals surface area contributed by atoms with Crippen LogP contribution in [0.1, 0.15) is 22.0 Å². The molecule has 0 saturated heterocycles. The van der Waals surface area contributed by atoms with Gasteiger partial charge in [0.25, 0.3) is 5.91 Å². The zero-order valence-corrected chi connectivity index (χ0v) is 10.6. The molecule has 1 amide bonds. The van der Waals surface area contributed by atoms with Crippen molar-refractivity contribution in [2.45, 2.75) is 6.04 Å². The zero-order chi connectivity index (χ0) is 14.0. The molecule has 1 aromatic rings. The molecule has 0 aliphatic carbocycles. The van der Waals surface area contributed by atoms with E-state index in [0.717, 1.165) is 6.07 Å². The zero-order valence-electron chi connectivity index (χ0n) is 10.6. The lowest BCUT2D eigenvalue weighted by Crippen LogP contribution is -2.30. The number of methoxy groups -OCH3 is 2. The number of halogens is 1. The van der Waals surface area contributed by atoms with Crippen molar-refractivity contribution in [2.24, 2.45) is 0 Å². The number of rotatable bonds is 4. The van der Waals surface area contributed by atoms with Crippen molar-refractivity contribution in [1.29, 1.82) is 5.26 Å². The molecule has 100 valence electrons. The topological polar surface area (TPSA) is 62.6 Å². The van der Waals surface area contributed by atoms with Gasteiger partial charge in [-0.3, -0.25) is 4.79 Å². The first-order valence-electron chi connectivity index (χ1n) is 5.71. The molecular weight excluding hydrogens is 251 g/mol. The van der Waals surface area contributed by atoms with Gasteiger partial charge in [0, 0.05) is 25.3 Å². The van der Waals surface area contributed by atoms with Gasteiger partial charge < -0.3 is 14.4 Å². The summed E-state index contributed by atoms with van der Waals surface area (Å²) in [4.78, 5) is 13.4. The highest BCUT2D eigenvalue weighted by atomic mass is 19.1. The van der Waals surface area contributed by atoms with Crippen LogP contribution < -0.4 is 4.74 Å². The smallest absolute Gasteiger partial charge is 0.258 e. The summed E-state index contributed by atoms with van der Waals surface area (Å²) in [7, 11) is 2.90. The maximum Gasteiger partial charge on any atom is 0.258 e. The fourth-order valence-corrected chi connectivity index (χ4v) is 2.15. The van der Waals surface area contributed by atoms with Crippen LogP contribution in [0.5, 0.6) is 5.75 Å². The number of ether oxygens (including phenoxy) is 2. The van der Waals surface area contributed by atoms with Gasteiger partial charge in [0.15, 0.2) is 0 Å². The van der Waals surface area contributed by atoms with E-state index in [0.29, 0.717) is 5.56 Å². The number of benzene rings is 1. The van der Waals surface area contributed by atoms with E-state index in [-0.39, 0.29) is 24.5 Å². The maximum atomic E-state index is 13.9. The number of amides is 1. The van der Waals surface area contributed by atoms with E-state index in [1.807, 2.05) is 6.07 Å². The van der Waals surface area contributed by atoms with Gasteiger partial charge in [-0.1, -0.05) is 0 Å². The molecule has 0 fully saturated rings. The molecule has 1 atom stereocenters. The number of nitrogens with zero attached hydrogens (tertiary/aromatic N) is 2. The van der Waals surface area contributed by atoms with Crippen LogP contribution in [0.25, 0.3) is 0 Å². The number of carbonyl (C=O) groups is 1. The van der Waals surface area contributed by atoms with Crippen molar-refractivity contribution < 1.29 is 18.7 Å². The summed E-state index contributed by atoms with van der Waals surface area (Å²) in [5.74, 6) is -0.865. The van der Waals surface area contributed by atoms with Gasteiger partial charge in [0.2, 0.25) is 0 Å². The Morgan fingerprint density at radius 2 is 2.21 bits per heavy atom. The molecule has 6 heteroatoms. The Morgan fingerprint density at radius 3 is 2.79 bits per heavy atom. The summed E-state index contributed by atoms with van der Waals surface area (Å²) in [5, 5.41) is 9.21. The second kappa shape index (κ2) is 5.24. The van der Waals surface area contributed by atoms with Gasteiger partial charge in [0.05, 0.1) is 25.3 Å². The molecule has 1 aliphatic heterocycles. The number of carbonyl (C=O) groups excluding carboxylic acids is 1. The van der Waals surface area contributed by atoms with Gasteiger partial charge in [-0.25, -0.2) is 4.39 Å². The van der Waals surface area contributed by atoms with E-state index in [2.05, 4.69) is 0 Å². The normalized spacial score (nSPS) is 17.3. The molecule has 1 unspecified atom stereocenters. The largest absolute Gasteiger partial charge is 0.497 e. The Bertz CT molecular complexity index is 554. The Kier molecular flexibility index (Phi) is 3.67. The summed E-state index contributed by atoms with van der Waals surface area (Å²) in [6.07, 6.45) is 0. The van der Waals surface area contributed by atoms with Crippen molar-refractivity contribution >= 4 is 5.91 Å². The lowest BCUT2D eigenvalue weighted by Gasteiger charge is -2.19. The average molecular weight is 264 g/mol. The third kappa shape index (κ3) is 2.13. The van der Waals surface area contributed by atoms with E-state index in [1.165, 1.54) is 25.2 Å². The summed E-state index contributed by atoms with van der Waals surface area (Å²) in [6, 6.07) is 3.88. The molecule has 5 nitrogen and oxygen atoms in total. The molecule has 19 heavy (non-hydrogen) atoms. The second-order valence-corrected chi connectivity index (χ2v) is 4.10. The summed E-state index contributed by atoms with van der Waals surface area (Å²) >= 11 is 0. The molecule has 1 aromatic carbocycles. The molecule has 0 aromatic heterocycles. The number of hydrogen-bond donors (Lipinski definition) is 0. The number of hydrogen-bond acceptors (Lipinski definition) is 4. The van der Waals surface area contributed by atoms with E-state index in [4.69, 9.17) is 9.47 Å². The molecule has 0 bridgehead atoms. The van der Waals surface area contributed by atoms with E-state index >= 15 is 0 Å². The first kappa shape index (κ1) is 13.3. The van der Waals surface area contributed by atoms with Crippen LogP contribution in [0.4, 0.5) is 4.39 Å². The van der Waals surface area contributed by atoms with Crippen molar-refractivity contribution in [1.82, 2.24) is 4.90 Å². The fourth-order valence-electron chi connectivity index (χ4n) is 2.15. The van der Waals surface area contributed by atoms with Crippen molar-refractivity contribution in [3.63, 3.8) is 0 Å².